The second kappa shape index (κ2) is 10.4. The average Bonchev–Trinajstić information content (AvgIpc) is 2.74. The Balaban J connectivity index is 1.48. The SMILES string of the molecule is CCCCC[C@H]1CC[C@H](c2ccc(CCc3ccc(C#N)cc3F)cc2)CC1. The van der Waals surface area contributed by atoms with Gasteiger partial charge >= 0.3 is 0 Å². The lowest BCUT2D eigenvalue weighted by Crippen LogP contribution is -2.13. The molecule has 0 bridgehead atoms. The highest BCUT2D eigenvalue weighted by Crippen LogP contribution is 2.37. The van der Waals surface area contributed by atoms with Crippen molar-refractivity contribution in [2.24, 2.45) is 5.92 Å². The minimum atomic E-state index is -0.272. The summed E-state index contributed by atoms with van der Waals surface area (Å²) in [6.45, 7) is 2.28. The first kappa shape index (κ1) is 20.6. The molecule has 2 heteroatoms. The Bertz CT molecular complexity index is 779. The normalized spacial score (nSPS) is 19.3. The molecule has 1 saturated carbocycles. The van der Waals surface area contributed by atoms with Crippen LogP contribution in [-0.4, -0.2) is 0 Å². The van der Waals surface area contributed by atoms with Crippen LogP contribution in [0.3, 0.4) is 0 Å². The Morgan fingerprint density at radius 2 is 1.71 bits per heavy atom. The second-order valence-corrected chi connectivity index (χ2v) is 8.37. The topological polar surface area (TPSA) is 23.8 Å². The Labute approximate surface area is 169 Å². The lowest BCUT2D eigenvalue weighted by molar-refractivity contribution is 0.303. The van der Waals surface area contributed by atoms with Crippen LogP contribution in [0.25, 0.3) is 0 Å². The van der Waals surface area contributed by atoms with E-state index in [2.05, 4.69) is 31.2 Å². The number of hydrogen-bond acceptors (Lipinski definition) is 1. The fraction of sp³-hybridized carbons (Fsp3) is 0.500. The molecule has 28 heavy (non-hydrogen) atoms. The number of nitriles is 1. The van der Waals surface area contributed by atoms with Crippen LogP contribution in [0.2, 0.25) is 0 Å². The van der Waals surface area contributed by atoms with Gasteiger partial charge in [0.05, 0.1) is 11.6 Å². The van der Waals surface area contributed by atoms with E-state index >= 15 is 0 Å². The number of aryl methyl sites for hydroxylation is 2. The lowest BCUT2D eigenvalue weighted by Gasteiger charge is -2.29. The molecule has 0 saturated heterocycles. The molecule has 3 rings (SSSR count). The molecule has 0 amide bonds. The third-order valence-corrected chi connectivity index (χ3v) is 6.38. The van der Waals surface area contributed by atoms with Crippen molar-refractivity contribution in [3.63, 3.8) is 0 Å². The Morgan fingerprint density at radius 3 is 2.36 bits per heavy atom. The van der Waals surface area contributed by atoms with Crippen molar-refractivity contribution in [2.75, 3.05) is 0 Å². The van der Waals surface area contributed by atoms with Crippen LogP contribution in [0.15, 0.2) is 42.5 Å². The highest BCUT2D eigenvalue weighted by atomic mass is 19.1. The van der Waals surface area contributed by atoms with Crippen LogP contribution in [0.1, 0.15) is 86.5 Å². The third-order valence-electron chi connectivity index (χ3n) is 6.38. The van der Waals surface area contributed by atoms with Gasteiger partial charge in [-0.25, -0.2) is 4.39 Å². The first-order valence-corrected chi connectivity index (χ1v) is 11.0. The molecule has 0 spiro atoms. The first-order valence-electron chi connectivity index (χ1n) is 11.0. The number of benzene rings is 2. The minimum absolute atomic E-state index is 0.272. The molecule has 0 aromatic heterocycles. The molecule has 0 atom stereocenters. The van der Waals surface area contributed by atoms with E-state index in [9.17, 15) is 4.39 Å². The predicted molar refractivity (Wildman–Crippen MR) is 114 cm³/mol. The lowest BCUT2D eigenvalue weighted by atomic mass is 9.77. The summed E-state index contributed by atoms with van der Waals surface area (Å²) in [6, 6.07) is 15.7. The van der Waals surface area contributed by atoms with Crippen LogP contribution >= 0.6 is 0 Å². The maximum absolute atomic E-state index is 14.0. The van der Waals surface area contributed by atoms with Crippen LogP contribution < -0.4 is 0 Å². The number of rotatable bonds is 8. The van der Waals surface area contributed by atoms with Crippen molar-refractivity contribution >= 4 is 0 Å². The molecule has 1 aliphatic carbocycles. The average molecular weight is 378 g/mol. The summed E-state index contributed by atoms with van der Waals surface area (Å²) in [6.07, 6.45) is 12.4. The smallest absolute Gasteiger partial charge is 0.127 e. The Hall–Kier alpha value is -2.14. The molecule has 2 aromatic rings. The van der Waals surface area contributed by atoms with Gasteiger partial charge in [-0.05, 0) is 79.2 Å². The third kappa shape index (κ3) is 5.68. The van der Waals surface area contributed by atoms with Gasteiger partial charge in [-0.15, -0.1) is 0 Å². The Kier molecular flexibility index (Phi) is 7.66. The van der Waals surface area contributed by atoms with E-state index in [1.54, 1.807) is 12.1 Å². The van der Waals surface area contributed by atoms with Gasteiger partial charge < -0.3 is 0 Å². The van der Waals surface area contributed by atoms with E-state index in [-0.39, 0.29) is 5.82 Å². The van der Waals surface area contributed by atoms with Gasteiger partial charge in [-0.2, -0.15) is 5.26 Å². The summed E-state index contributed by atoms with van der Waals surface area (Å²) < 4.78 is 14.0. The summed E-state index contributed by atoms with van der Waals surface area (Å²) in [5.74, 6) is 1.39. The number of nitrogens with zero attached hydrogens (tertiary/aromatic N) is 1. The van der Waals surface area contributed by atoms with Crippen LogP contribution in [0.5, 0.6) is 0 Å². The summed E-state index contributed by atoms with van der Waals surface area (Å²) >= 11 is 0. The molecule has 0 aliphatic heterocycles. The molecule has 148 valence electrons. The monoisotopic (exact) mass is 377 g/mol. The minimum Gasteiger partial charge on any atom is -0.207 e. The van der Waals surface area contributed by atoms with Gasteiger partial charge in [-0.1, -0.05) is 62.9 Å². The molecular formula is C26H32FN. The van der Waals surface area contributed by atoms with Gasteiger partial charge in [0.25, 0.3) is 0 Å². The molecule has 1 fully saturated rings. The maximum Gasteiger partial charge on any atom is 0.127 e. The van der Waals surface area contributed by atoms with Crippen molar-refractivity contribution in [2.45, 2.75) is 77.0 Å². The zero-order valence-corrected chi connectivity index (χ0v) is 17.1. The van der Waals surface area contributed by atoms with Crippen molar-refractivity contribution in [1.82, 2.24) is 0 Å². The fourth-order valence-corrected chi connectivity index (χ4v) is 4.52. The molecule has 1 aliphatic rings. The molecule has 0 N–H and O–H groups in total. The van der Waals surface area contributed by atoms with Crippen molar-refractivity contribution in [3.05, 3.63) is 70.5 Å². The van der Waals surface area contributed by atoms with Crippen molar-refractivity contribution in [3.8, 4) is 6.07 Å². The van der Waals surface area contributed by atoms with Crippen molar-refractivity contribution in [1.29, 1.82) is 5.26 Å². The van der Waals surface area contributed by atoms with Crippen LogP contribution in [0.4, 0.5) is 4.39 Å². The van der Waals surface area contributed by atoms with Crippen LogP contribution in [0, 0.1) is 23.1 Å². The Morgan fingerprint density at radius 1 is 0.964 bits per heavy atom. The zero-order valence-electron chi connectivity index (χ0n) is 17.1. The summed E-state index contributed by atoms with van der Waals surface area (Å²) in [4.78, 5) is 0. The number of halogens is 1. The predicted octanol–water partition coefficient (Wildman–Crippen LogP) is 7.34. The van der Waals surface area contributed by atoms with Gasteiger partial charge in [0.1, 0.15) is 5.82 Å². The zero-order chi connectivity index (χ0) is 19.8. The summed E-state index contributed by atoms with van der Waals surface area (Å²) in [7, 11) is 0. The standard InChI is InChI=1S/C26H32FN/c1-2-3-4-5-20-6-12-23(13-7-20)24-14-8-21(9-15-24)10-16-25-17-11-22(19-28)18-26(25)27/h8-9,11,14-15,17-18,20,23H,2-7,10,12-13,16H2,1H3/t20-,23-. The van der Waals surface area contributed by atoms with Gasteiger partial charge in [0, 0.05) is 0 Å². The van der Waals surface area contributed by atoms with Gasteiger partial charge in [-0.3, -0.25) is 0 Å². The molecule has 0 unspecified atom stereocenters. The quantitative estimate of drug-likeness (QED) is 0.442. The van der Waals surface area contributed by atoms with E-state index in [1.165, 1.54) is 68.6 Å². The molecule has 0 radical (unpaired) electrons. The van der Waals surface area contributed by atoms with E-state index in [4.69, 9.17) is 5.26 Å². The van der Waals surface area contributed by atoms with E-state index in [1.807, 2.05) is 6.07 Å². The summed E-state index contributed by atoms with van der Waals surface area (Å²) in [5.41, 5.74) is 3.79. The van der Waals surface area contributed by atoms with E-state index in [0.717, 1.165) is 12.3 Å². The van der Waals surface area contributed by atoms with Crippen LogP contribution in [-0.2, 0) is 12.8 Å². The van der Waals surface area contributed by atoms with E-state index < -0.39 is 0 Å². The maximum atomic E-state index is 14.0. The molecule has 2 aromatic carbocycles. The fourth-order valence-electron chi connectivity index (χ4n) is 4.52. The molecule has 1 nitrogen and oxygen atoms in total. The van der Waals surface area contributed by atoms with Crippen molar-refractivity contribution < 1.29 is 4.39 Å². The number of unbranched alkanes of at least 4 members (excludes halogenated alkanes) is 2. The summed E-state index contributed by atoms with van der Waals surface area (Å²) in [5, 5.41) is 8.84. The highest BCUT2D eigenvalue weighted by molar-refractivity contribution is 5.33. The van der Waals surface area contributed by atoms with Gasteiger partial charge in [0.15, 0.2) is 0 Å². The molecule has 0 heterocycles. The van der Waals surface area contributed by atoms with Gasteiger partial charge in [0.2, 0.25) is 0 Å². The van der Waals surface area contributed by atoms with E-state index in [0.29, 0.717) is 23.5 Å². The first-order chi connectivity index (χ1) is 13.7. The molecular weight excluding hydrogens is 345 g/mol. The second-order valence-electron chi connectivity index (χ2n) is 8.37. The number of hydrogen-bond donors (Lipinski definition) is 0. The largest absolute Gasteiger partial charge is 0.207 e. The highest BCUT2D eigenvalue weighted by Gasteiger charge is 2.21.